The molecule has 0 spiro atoms. The number of aromatic nitrogens is 2. The van der Waals surface area contributed by atoms with Gasteiger partial charge in [-0.15, -0.1) is 0 Å². The lowest BCUT2D eigenvalue weighted by atomic mass is 9.85. The van der Waals surface area contributed by atoms with Gasteiger partial charge in [0.25, 0.3) is 0 Å². The van der Waals surface area contributed by atoms with Gasteiger partial charge in [-0.25, -0.2) is 4.98 Å². The van der Waals surface area contributed by atoms with Crippen molar-refractivity contribution in [2.45, 2.75) is 83.1 Å². The Kier molecular flexibility index (Phi) is 9.03. The van der Waals surface area contributed by atoms with Gasteiger partial charge in [0.1, 0.15) is 11.9 Å². The normalized spacial score (nSPS) is 14.4. The number of carbonyl (C=O) groups is 1. The number of nitrogens with one attached hydrogen (secondary N) is 2. The van der Waals surface area contributed by atoms with E-state index in [1.165, 1.54) is 17.7 Å². The van der Waals surface area contributed by atoms with Crippen LogP contribution in [0.5, 0.6) is 0 Å². The Hall–Kier alpha value is -2.47. The third-order valence-corrected chi connectivity index (χ3v) is 6.41. The number of anilines is 1. The maximum absolute atomic E-state index is 11.7. The van der Waals surface area contributed by atoms with Gasteiger partial charge in [0, 0.05) is 36.6 Å². The molecule has 0 aromatic carbocycles. The van der Waals surface area contributed by atoms with Gasteiger partial charge in [0.05, 0.1) is 0 Å². The molecule has 2 aromatic rings. The highest BCUT2D eigenvalue weighted by Gasteiger charge is 2.24. The lowest BCUT2D eigenvalue weighted by molar-refractivity contribution is -0.139. The molecule has 3 rings (SSSR count). The lowest BCUT2D eigenvalue weighted by Gasteiger charge is -2.27. The van der Waals surface area contributed by atoms with Gasteiger partial charge in [0.2, 0.25) is 0 Å². The molecule has 0 saturated carbocycles. The van der Waals surface area contributed by atoms with E-state index in [-0.39, 0.29) is 5.41 Å². The standard InChI is InChI=1S/C26H38N4O2/c1-26(2,21-11-9-16-27-18-21)19-29-23(25(31)32)13-7-5-3-4-6-12-22-15-14-20-10-8-17-28-24(20)30-22/h9,11,14-16,18,23,29H,3-8,10,12-13,17,19H2,1-2H3,(H,28,30)(H,31,32)/t23-/m0/s1. The van der Waals surface area contributed by atoms with Gasteiger partial charge in [0.15, 0.2) is 0 Å². The predicted molar refractivity (Wildman–Crippen MR) is 129 cm³/mol. The van der Waals surface area contributed by atoms with E-state index in [0.717, 1.165) is 62.9 Å². The van der Waals surface area contributed by atoms with Crippen molar-refractivity contribution in [2.75, 3.05) is 18.4 Å². The molecule has 0 bridgehead atoms. The summed E-state index contributed by atoms with van der Waals surface area (Å²) < 4.78 is 0. The second-order valence-corrected chi connectivity index (χ2v) is 9.54. The van der Waals surface area contributed by atoms with Gasteiger partial charge in [-0.3, -0.25) is 9.78 Å². The molecule has 1 aliphatic heterocycles. The first-order chi connectivity index (χ1) is 15.5. The molecule has 0 fully saturated rings. The van der Waals surface area contributed by atoms with Crippen molar-refractivity contribution in [1.82, 2.24) is 15.3 Å². The van der Waals surface area contributed by atoms with Crippen LogP contribution in [0.4, 0.5) is 5.82 Å². The fraction of sp³-hybridized carbons (Fsp3) is 0.577. The van der Waals surface area contributed by atoms with E-state index in [4.69, 9.17) is 4.98 Å². The van der Waals surface area contributed by atoms with E-state index in [1.54, 1.807) is 6.20 Å². The molecular weight excluding hydrogens is 400 g/mol. The minimum absolute atomic E-state index is 0.164. The van der Waals surface area contributed by atoms with Crippen LogP contribution in [-0.2, 0) is 23.1 Å². The van der Waals surface area contributed by atoms with Crippen molar-refractivity contribution in [1.29, 1.82) is 0 Å². The second kappa shape index (κ2) is 12.0. The molecule has 6 nitrogen and oxygen atoms in total. The Labute approximate surface area is 192 Å². The molecule has 174 valence electrons. The number of hydrogen-bond donors (Lipinski definition) is 3. The van der Waals surface area contributed by atoms with E-state index in [2.05, 4.69) is 41.6 Å². The second-order valence-electron chi connectivity index (χ2n) is 9.54. The number of rotatable bonds is 13. The van der Waals surface area contributed by atoms with Crippen LogP contribution < -0.4 is 10.6 Å². The van der Waals surface area contributed by atoms with Crippen molar-refractivity contribution < 1.29 is 9.90 Å². The number of aliphatic carboxylic acids is 1. The van der Waals surface area contributed by atoms with Crippen molar-refractivity contribution in [3.8, 4) is 0 Å². The number of carboxylic acid groups (broad SMARTS) is 1. The molecule has 0 unspecified atom stereocenters. The molecular formula is C26H38N4O2. The zero-order valence-electron chi connectivity index (χ0n) is 19.6. The predicted octanol–water partition coefficient (Wildman–Crippen LogP) is 4.74. The molecule has 0 radical (unpaired) electrons. The Morgan fingerprint density at radius 1 is 1.19 bits per heavy atom. The molecule has 1 atom stereocenters. The fourth-order valence-corrected chi connectivity index (χ4v) is 4.25. The number of unbranched alkanes of at least 4 members (excludes halogenated alkanes) is 4. The van der Waals surface area contributed by atoms with E-state index in [9.17, 15) is 9.90 Å². The molecule has 32 heavy (non-hydrogen) atoms. The molecule has 3 N–H and O–H groups in total. The summed E-state index contributed by atoms with van der Waals surface area (Å²) in [5.74, 6) is 0.312. The topological polar surface area (TPSA) is 87.1 Å². The molecule has 0 amide bonds. The van der Waals surface area contributed by atoms with Gasteiger partial charge < -0.3 is 15.7 Å². The van der Waals surface area contributed by atoms with Gasteiger partial charge in [-0.1, -0.05) is 51.7 Å². The number of aryl methyl sites for hydroxylation is 2. The summed E-state index contributed by atoms with van der Waals surface area (Å²) >= 11 is 0. The van der Waals surface area contributed by atoms with E-state index >= 15 is 0 Å². The summed E-state index contributed by atoms with van der Waals surface area (Å²) in [4.78, 5) is 20.6. The number of carboxylic acids is 1. The van der Waals surface area contributed by atoms with Crippen LogP contribution in [0.25, 0.3) is 0 Å². The third-order valence-electron chi connectivity index (χ3n) is 6.41. The summed E-state index contributed by atoms with van der Waals surface area (Å²) in [7, 11) is 0. The number of fused-ring (bicyclic) bond motifs is 1. The average Bonchev–Trinajstić information content (AvgIpc) is 2.80. The first-order valence-electron chi connectivity index (χ1n) is 12.0. The summed E-state index contributed by atoms with van der Waals surface area (Å²) in [6.45, 7) is 5.86. The zero-order chi connectivity index (χ0) is 22.8. The first-order valence-corrected chi connectivity index (χ1v) is 12.0. The summed E-state index contributed by atoms with van der Waals surface area (Å²) in [6.07, 6.45) is 13.0. The average molecular weight is 439 g/mol. The summed E-state index contributed by atoms with van der Waals surface area (Å²) in [5.41, 5.74) is 3.46. The van der Waals surface area contributed by atoms with Crippen LogP contribution in [0.3, 0.4) is 0 Å². The van der Waals surface area contributed by atoms with Crippen molar-refractivity contribution >= 4 is 11.8 Å². The van der Waals surface area contributed by atoms with Crippen LogP contribution >= 0.6 is 0 Å². The monoisotopic (exact) mass is 438 g/mol. The Bertz CT molecular complexity index is 854. The van der Waals surface area contributed by atoms with Crippen molar-refractivity contribution in [3.63, 3.8) is 0 Å². The highest BCUT2D eigenvalue weighted by atomic mass is 16.4. The maximum Gasteiger partial charge on any atom is 0.320 e. The molecule has 0 aliphatic carbocycles. The van der Waals surface area contributed by atoms with Gasteiger partial charge in [-0.05, 0) is 55.4 Å². The highest BCUT2D eigenvalue weighted by molar-refractivity contribution is 5.73. The van der Waals surface area contributed by atoms with Crippen LogP contribution in [0.2, 0.25) is 0 Å². The zero-order valence-corrected chi connectivity index (χ0v) is 19.6. The molecule has 1 aliphatic rings. The minimum Gasteiger partial charge on any atom is -0.480 e. The first kappa shape index (κ1) is 24.2. The number of pyridine rings is 2. The molecule has 6 heteroatoms. The van der Waals surface area contributed by atoms with Crippen LogP contribution in [0.15, 0.2) is 36.7 Å². The smallest absolute Gasteiger partial charge is 0.320 e. The summed E-state index contributed by atoms with van der Waals surface area (Å²) in [6, 6.07) is 7.85. The van der Waals surface area contributed by atoms with Crippen molar-refractivity contribution in [3.05, 3.63) is 53.5 Å². The SMILES string of the molecule is CC(C)(CN[C@@H](CCCCCCCc1ccc2c(n1)NCCC2)C(=O)O)c1cccnc1. The maximum atomic E-state index is 11.7. The van der Waals surface area contributed by atoms with Gasteiger partial charge >= 0.3 is 5.97 Å². The molecule has 0 saturated heterocycles. The quantitative estimate of drug-likeness (QED) is 0.392. The highest BCUT2D eigenvalue weighted by Crippen LogP contribution is 2.22. The van der Waals surface area contributed by atoms with Crippen LogP contribution in [-0.4, -0.2) is 40.2 Å². The lowest BCUT2D eigenvalue weighted by Crippen LogP contribution is -2.43. The third kappa shape index (κ3) is 7.30. The number of nitrogens with zero attached hydrogens (tertiary/aromatic N) is 2. The van der Waals surface area contributed by atoms with E-state index < -0.39 is 12.0 Å². The number of hydrogen-bond acceptors (Lipinski definition) is 5. The van der Waals surface area contributed by atoms with E-state index in [1.807, 2.05) is 18.3 Å². The molecule has 2 aromatic heterocycles. The fourth-order valence-electron chi connectivity index (χ4n) is 4.25. The van der Waals surface area contributed by atoms with Gasteiger partial charge in [-0.2, -0.15) is 0 Å². The van der Waals surface area contributed by atoms with Crippen molar-refractivity contribution in [2.24, 2.45) is 0 Å². The largest absolute Gasteiger partial charge is 0.480 e. The molecule has 3 heterocycles. The van der Waals surface area contributed by atoms with Crippen LogP contribution in [0, 0.1) is 0 Å². The minimum atomic E-state index is -0.765. The summed E-state index contributed by atoms with van der Waals surface area (Å²) in [5, 5.41) is 16.3. The van der Waals surface area contributed by atoms with Crippen LogP contribution in [0.1, 0.15) is 75.6 Å². The Morgan fingerprint density at radius 2 is 2.00 bits per heavy atom. The van der Waals surface area contributed by atoms with E-state index in [0.29, 0.717) is 13.0 Å². The Morgan fingerprint density at radius 3 is 2.78 bits per heavy atom. The Balaban J connectivity index is 1.31.